The van der Waals surface area contributed by atoms with Crippen molar-refractivity contribution < 1.29 is 29.1 Å². The maximum atomic E-state index is 13.6. The Balaban J connectivity index is 2.34. The van der Waals surface area contributed by atoms with Crippen molar-refractivity contribution in [3.63, 3.8) is 0 Å². The molecule has 0 saturated carbocycles. The van der Waals surface area contributed by atoms with Crippen LogP contribution in [0.2, 0.25) is 0 Å². The topological polar surface area (TPSA) is 222 Å². The summed E-state index contributed by atoms with van der Waals surface area (Å²) in [6, 6.07) is 5.01. The van der Waals surface area contributed by atoms with Crippen LogP contribution >= 0.6 is 0 Å². The highest BCUT2D eigenvalue weighted by Crippen LogP contribution is 2.27. The van der Waals surface area contributed by atoms with E-state index in [0.29, 0.717) is 38.2 Å². The first-order valence-corrected chi connectivity index (χ1v) is 13.2. The summed E-state index contributed by atoms with van der Waals surface area (Å²) in [7, 11) is 0. The van der Waals surface area contributed by atoms with Crippen molar-refractivity contribution in [1.29, 1.82) is 5.41 Å². The van der Waals surface area contributed by atoms with Gasteiger partial charge in [-0.15, -0.1) is 0 Å². The van der Waals surface area contributed by atoms with Crippen LogP contribution in [0.25, 0.3) is 0 Å². The Hall–Kier alpha value is -3.87. The molecule has 10 N–H and O–H groups in total. The van der Waals surface area contributed by atoms with E-state index in [2.05, 4.69) is 16.0 Å². The molecule has 0 aliphatic carbocycles. The molecule has 39 heavy (non-hydrogen) atoms. The van der Waals surface area contributed by atoms with E-state index in [9.17, 15) is 24.4 Å². The van der Waals surface area contributed by atoms with E-state index in [-0.39, 0.29) is 31.1 Å². The molecule has 2 aliphatic rings. The maximum absolute atomic E-state index is 13.6. The Bertz CT molecular complexity index is 1000. The van der Waals surface area contributed by atoms with Crippen molar-refractivity contribution in [1.82, 2.24) is 21.4 Å². The SMILES string of the molecule is CC(C)C[C@H]1C(=O)N[C@H](C(=O)N[C@@H](CCCNC(=N)N)C(N)=O)Cc2ccc(cc2)OCCC[C@@H]1C(=O)NO. The number of rotatable bonds is 10. The van der Waals surface area contributed by atoms with E-state index in [1.807, 2.05) is 13.8 Å². The van der Waals surface area contributed by atoms with E-state index < -0.39 is 47.5 Å². The fourth-order valence-electron chi connectivity index (χ4n) is 4.59. The minimum Gasteiger partial charge on any atom is -0.494 e. The molecule has 216 valence electrons. The van der Waals surface area contributed by atoms with Crippen molar-refractivity contribution in [2.24, 2.45) is 29.2 Å². The van der Waals surface area contributed by atoms with E-state index in [1.54, 1.807) is 29.7 Å². The van der Waals surface area contributed by atoms with Crippen molar-refractivity contribution >= 4 is 29.6 Å². The molecule has 0 radical (unpaired) electrons. The third kappa shape index (κ3) is 10.4. The molecule has 4 amide bonds. The summed E-state index contributed by atoms with van der Waals surface area (Å²) in [4.78, 5) is 51.7. The van der Waals surface area contributed by atoms with Gasteiger partial charge in [-0.2, -0.15) is 0 Å². The molecule has 1 aromatic rings. The lowest BCUT2D eigenvalue weighted by molar-refractivity contribution is -0.142. The molecule has 0 aromatic heterocycles. The molecule has 13 nitrogen and oxygen atoms in total. The summed E-state index contributed by atoms with van der Waals surface area (Å²) in [5.74, 6) is -3.74. The molecule has 1 aromatic carbocycles. The maximum Gasteiger partial charge on any atom is 0.247 e. The molecular formula is C26H41N7O6. The fraction of sp³-hybridized carbons (Fsp3) is 0.577. The number of nitrogens with one attached hydrogen (secondary N) is 5. The highest BCUT2D eigenvalue weighted by molar-refractivity contribution is 5.93. The Labute approximate surface area is 228 Å². The average Bonchev–Trinajstić information content (AvgIpc) is 2.88. The molecule has 2 aliphatic heterocycles. The smallest absolute Gasteiger partial charge is 0.247 e. The van der Waals surface area contributed by atoms with Crippen LogP contribution in [0.3, 0.4) is 0 Å². The Kier molecular flexibility index (Phi) is 12.5. The van der Waals surface area contributed by atoms with E-state index >= 15 is 0 Å². The fourth-order valence-corrected chi connectivity index (χ4v) is 4.59. The minimum atomic E-state index is -1.07. The number of benzene rings is 1. The van der Waals surface area contributed by atoms with Gasteiger partial charge in [0.15, 0.2) is 5.96 Å². The van der Waals surface area contributed by atoms with Crippen LogP contribution in [0, 0.1) is 23.2 Å². The van der Waals surface area contributed by atoms with Crippen LogP contribution < -0.4 is 37.6 Å². The van der Waals surface area contributed by atoms with Gasteiger partial charge < -0.3 is 32.2 Å². The predicted octanol–water partition coefficient (Wildman–Crippen LogP) is -0.0962. The first-order valence-electron chi connectivity index (χ1n) is 13.2. The molecule has 2 heterocycles. The molecule has 4 atom stereocenters. The lowest BCUT2D eigenvalue weighted by Gasteiger charge is -2.29. The van der Waals surface area contributed by atoms with Crippen LogP contribution in [0.1, 0.15) is 51.5 Å². The van der Waals surface area contributed by atoms with Gasteiger partial charge in [0.25, 0.3) is 0 Å². The van der Waals surface area contributed by atoms with Gasteiger partial charge in [-0.3, -0.25) is 29.8 Å². The quantitative estimate of drug-likeness (QED) is 0.0648. The molecule has 0 unspecified atom stereocenters. The van der Waals surface area contributed by atoms with Gasteiger partial charge in [0.2, 0.25) is 23.6 Å². The second-order valence-electron chi connectivity index (χ2n) is 10.2. The molecule has 3 rings (SSSR count). The number of guanidine groups is 1. The number of amides is 4. The molecular weight excluding hydrogens is 506 g/mol. The highest BCUT2D eigenvalue weighted by Gasteiger charge is 2.36. The molecule has 2 bridgehead atoms. The zero-order chi connectivity index (χ0) is 28.9. The monoisotopic (exact) mass is 547 g/mol. The number of carbonyl (C=O) groups is 4. The summed E-state index contributed by atoms with van der Waals surface area (Å²) in [5.41, 5.74) is 13.2. The first kappa shape index (κ1) is 31.3. The highest BCUT2D eigenvalue weighted by atomic mass is 16.5. The Morgan fingerprint density at radius 3 is 2.46 bits per heavy atom. The number of ether oxygens (including phenoxy) is 1. The molecule has 0 fully saturated rings. The van der Waals surface area contributed by atoms with E-state index in [1.165, 1.54) is 0 Å². The number of fused-ring (bicyclic) bond motifs is 11. The van der Waals surface area contributed by atoms with Gasteiger partial charge >= 0.3 is 0 Å². The average molecular weight is 548 g/mol. The summed E-state index contributed by atoms with van der Waals surface area (Å²) < 4.78 is 5.77. The third-order valence-corrected chi connectivity index (χ3v) is 6.56. The van der Waals surface area contributed by atoms with Crippen molar-refractivity contribution in [2.45, 2.75) is 64.5 Å². The van der Waals surface area contributed by atoms with Gasteiger partial charge in [-0.1, -0.05) is 26.0 Å². The summed E-state index contributed by atoms with van der Waals surface area (Å²) in [5, 5.41) is 24.6. The molecule has 0 saturated heterocycles. The molecule has 13 heteroatoms. The normalized spacial score (nSPS) is 20.6. The lowest BCUT2D eigenvalue weighted by Crippen LogP contribution is -2.55. The summed E-state index contributed by atoms with van der Waals surface area (Å²) >= 11 is 0. The largest absolute Gasteiger partial charge is 0.494 e. The molecule has 0 spiro atoms. The van der Waals surface area contributed by atoms with Gasteiger partial charge in [-0.25, -0.2) is 5.48 Å². The van der Waals surface area contributed by atoms with Crippen LogP contribution in [-0.2, 0) is 25.6 Å². The van der Waals surface area contributed by atoms with Gasteiger partial charge in [0.05, 0.1) is 12.5 Å². The zero-order valence-electron chi connectivity index (χ0n) is 22.5. The number of nitrogens with two attached hydrogens (primary N) is 2. The van der Waals surface area contributed by atoms with E-state index in [4.69, 9.17) is 21.6 Å². The number of hydroxylamine groups is 1. The Morgan fingerprint density at radius 2 is 1.87 bits per heavy atom. The predicted molar refractivity (Wildman–Crippen MR) is 143 cm³/mol. The second kappa shape index (κ2) is 15.5. The summed E-state index contributed by atoms with van der Waals surface area (Å²) in [6.45, 7) is 4.47. The van der Waals surface area contributed by atoms with Gasteiger partial charge in [0.1, 0.15) is 17.8 Å². The van der Waals surface area contributed by atoms with Crippen LogP contribution in [0.15, 0.2) is 24.3 Å². The Morgan fingerprint density at radius 1 is 1.18 bits per heavy atom. The number of primary amides is 1. The van der Waals surface area contributed by atoms with E-state index in [0.717, 1.165) is 5.56 Å². The number of hydrogen-bond donors (Lipinski definition) is 8. The van der Waals surface area contributed by atoms with Gasteiger partial charge in [0, 0.05) is 18.9 Å². The number of carbonyl (C=O) groups excluding carboxylic acids is 4. The third-order valence-electron chi connectivity index (χ3n) is 6.56. The van der Waals surface area contributed by atoms with Crippen LogP contribution in [0.5, 0.6) is 5.75 Å². The minimum absolute atomic E-state index is 0.0480. The second-order valence-corrected chi connectivity index (χ2v) is 10.2. The number of hydrogen-bond acceptors (Lipinski definition) is 7. The summed E-state index contributed by atoms with van der Waals surface area (Å²) in [6.07, 6.45) is 1.80. The van der Waals surface area contributed by atoms with Crippen LogP contribution in [0.4, 0.5) is 0 Å². The van der Waals surface area contributed by atoms with Crippen molar-refractivity contribution in [2.75, 3.05) is 13.2 Å². The zero-order valence-corrected chi connectivity index (χ0v) is 22.5. The van der Waals surface area contributed by atoms with Crippen molar-refractivity contribution in [3.8, 4) is 5.75 Å². The van der Waals surface area contributed by atoms with Gasteiger partial charge in [-0.05, 0) is 55.7 Å². The lowest BCUT2D eigenvalue weighted by atomic mass is 9.81. The first-order chi connectivity index (χ1) is 18.5. The van der Waals surface area contributed by atoms with Crippen LogP contribution in [-0.4, -0.2) is 60.0 Å². The van der Waals surface area contributed by atoms with Crippen molar-refractivity contribution in [3.05, 3.63) is 29.8 Å². The standard InChI is InChI=1S/C26H41N7O6/c1-15(2)13-19-18(24(36)33-38)5-4-12-39-17-9-7-16(8-10-17)14-21(32-23(19)35)25(37)31-20(22(27)34)6-3-11-30-26(28)29/h7-10,15,18-21,38H,3-6,11-14H2,1-2H3,(H2,27,34)(H,31,37)(H,32,35)(H,33,36)(H4,28,29,30)/t18-,19+,20-,21-/m0/s1.